The molecular formula is C17H24ClN3. The van der Waals surface area contributed by atoms with Crippen molar-refractivity contribution in [2.45, 2.75) is 26.3 Å². The van der Waals surface area contributed by atoms with Gasteiger partial charge in [-0.3, -0.25) is 9.88 Å². The molecule has 0 radical (unpaired) electrons. The zero-order valence-corrected chi connectivity index (χ0v) is 13.4. The van der Waals surface area contributed by atoms with Gasteiger partial charge in [0.2, 0.25) is 0 Å². The lowest BCUT2D eigenvalue weighted by Crippen LogP contribution is -2.37. The SMILES string of the molecule is Cc1ccc2cc(CN3CCCC(CN)C3)ccc2n1.Cl. The molecule has 21 heavy (non-hydrogen) atoms. The zero-order valence-electron chi connectivity index (χ0n) is 12.6. The molecule has 1 aromatic carbocycles. The topological polar surface area (TPSA) is 42.1 Å². The lowest BCUT2D eigenvalue weighted by molar-refractivity contribution is 0.171. The molecule has 2 N–H and O–H groups in total. The minimum Gasteiger partial charge on any atom is -0.330 e. The summed E-state index contributed by atoms with van der Waals surface area (Å²) in [6, 6.07) is 10.9. The first kappa shape index (κ1) is 16.2. The van der Waals surface area contributed by atoms with Crippen molar-refractivity contribution in [1.82, 2.24) is 9.88 Å². The molecular weight excluding hydrogens is 282 g/mol. The van der Waals surface area contributed by atoms with Crippen LogP contribution in [0.2, 0.25) is 0 Å². The first-order valence-electron chi connectivity index (χ1n) is 7.53. The monoisotopic (exact) mass is 305 g/mol. The van der Waals surface area contributed by atoms with E-state index in [1.165, 1.54) is 30.3 Å². The Balaban J connectivity index is 0.00000161. The van der Waals surface area contributed by atoms with E-state index < -0.39 is 0 Å². The van der Waals surface area contributed by atoms with Gasteiger partial charge in [0.15, 0.2) is 0 Å². The molecule has 1 aliphatic rings. The highest BCUT2D eigenvalue weighted by Crippen LogP contribution is 2.20. The smallest absolute Gasteiger partial charge is 0.0705 e. The molecule has 1 fully saturated rings. The van der Waals surface area contributed by atoms with Crippen LogP contribution in [-0.4, -0.2) is 29.5 Å². The Hall–Kier alpha value is -1.16. The van der Waals surface area contributed by atoms with Crippen LogP contribution in [0.15, 0.2) is 30.3 Å². The number of halogens is 1. The van der Waals surface area contributed by atoms with Crippen LogP contribution in [0.3, 0.4) is 0 Å². The maximum atomic E-state index is 5.81. The highest BCUT2D eigenvalue weighted by molar-refractivity contribution is 5.85. The highest BCUT2D eigenvalue weighted by Gasteiger charge is 2.18. The van der Waals surface area contributed by atoms with E-state index in [0.29, 0.717) is 5.92 Å². The molecule has 0 saturated carbocycles. The number of piperidine rings is 1. The number of nitrogens with zero attached hydrogens (tertiary/aromatic N) is 2. The number of aryl methyl sites for hydroxylation is 1. The molecule has 1 aliphatic heterocycles. The average Bonchev–Trinajstić information content (AvgIpc) is 2.47. The quantitative estimate of drug-likeness (QED) is 0.947. The van der Waals surface area contributed by atoms with Crippen LogP contribution < -0.4 is 5.73 Å². The molecule has 4 heteroatoms. The molecule has 0 amide bonds. The average molecular weight is 306 g/mol. The number of fused-ring (bicyclic) bond motifs is 1. The van der Waals surface area contributed by atoms with Crippen molar-refractivity contribution in [3.8, 4) is 0 Å². The highest BCUT2D eigenvalue weighted by atomic mass is 35.5. The van der Waals surface area contributed by atoms with Crippen LogP contribution in [0, 0.1) is 12.8 Å². The van der Waals surface area contributed by atoms with Gasteiger partial charge >= 0.3 is 0 Å². The molecule has 2 heterocycles. The maximum absolute atomic E-state index is 5.81. The molecule has 114 valence electrons. The summed E-state index contributed by atoms with van der Waals surface area (Å²) in [6.07, 6.45) is 2.56. The fourth-order valence-electron chi connectivity index (χ4n) is 3.12. The Morgan fingerprint density at radius 1 is 1.29 bits per heavy atom. The van der Waals surface area contributed by atoms with E-state index in [4.69, 9.17) is 5.73 Å². The molecule has 3 rings (SSSR count). The summed E-state index contributed by atoms with van der Waals surface area (Å²) >= 11 is 0. The molecule has 1 unspecified atom stereocenters. The fourth-order valence-corrected chi connectivity index (χ4v) is 3.12. The van der Waals surface area contributed by atoms with Gasteiger partial charge in [0.25, 0.3) is 0 Å². The summed E-state index contributed by atoms with van der Waals surface area (Å²) in [4.78, 5) is 7.09. The van der Waals surface area contributed by atoms with E-state index in [1.807, 2.05) is 6.92 Å². The van der Waals surface area contributed by atoms with Crippen LogP contribution in [0.4, 0.5) is 0 Å². The van der Waals surface area contributed by atoms with Crippen molar-refractivity contribution in [3.63, 3.8) is 0 Å². The number of nitrogens with two attached hydrogens (primary N) is 1. The first-order chi connectivity index (χ1) is 9.74. The molecule has 2 aromatic rings. The van der Waals surface area contributed by atoms with Crippen molar-refractivity contribution >= 4 is 23.3 Å². The van der Waals surface area contributed by atoms with Crippen LogP contribution in [0.5, 0.6) is 0 Å². The molecule has 0 bridgehead atoms. The molecule has 1 saturated heterocycles. The van der Waals surface area contributed by atoms with Gasteiger partial charge in [0, 0.05) is 24.2 Å². The molecule has 0 aliphatic carbocycles. The first-order valence-corrected chi connectivity index (χ1v) is 7.53. The van der Waals surface area contributed by atoms with Gasteiger partial charge in [0.1, 0.15) is 0 Å². The maximum Gasteiger partial charge on any atom is 0.0705 e. The van der Waals surface area contributed by atoms with Crippen molar-refractivity contribution in [1.29, 1.82) is 0 Å². The molecule has 3 nitrogen and oxygen atoms in total. The standard InChI is InChI=1S/C17H23N3.ClH/c1-13-4-6-16-9-14(5-7-17(16)19-13)11-20-8-2-3-15(10-18)12-20;/h4-7,9,15H,2-3,8,10-12,18H2,1H3;1H. The van der Waals surface area contributed by atoms with Crippen LogP contribution in [0.25, 0.3) is 10.9 Å². The van der Waals surface area contributed by atoms with Gasteiger partial charge in [-0.05, 0) is 62.5 Å². The van der Waals surface area contributed by atoms with Crippen LogP contribution in [0.1, 0.15) is 24.1 Å². The van der Waals surface area contributed by atoms with E-state index in [2.05, 4.69) is 40.2 Å². The second kappa shape index (κ2) is 7.21. The van der Waals surface area contributed by atoms with Crippen molar-refractivity contribution in [3.05, 3.63) is 41.6 Å². The van der Waals surface area contributed by atoms with Gasteiger partial charge < -0.3 is 5.73 Å². The normalized spacial score (nSPS) is 19.4. The van der Waals surface area contributed by atoms with Crippen LogP contribution in [-0.2, 0) is 6.54 Å². The Morgan fingerprint density at radius 3 is 2.95 bits per heavy atom. The summed E-state index contributed by atoms with van der Waals surface area (Å²) < 4.78 is 0. The third-order valence-electron chi connectivity index (χ3n) is 4.24. The van der Waals surface area contributed by atoms with Crippen molar-refractivity contribution in [2.75, 3.05) is 19.6 Å². The molecule has 1 aromatic heterocycles. The lowest BCUT2D eigenvalue weighted by atomic mass is 9.98. The van der Waals surface area contributed by atoms with Crippen LogP contribution >= 0.6 is 12.4 Å². The van der Waals surface area contributed by atoms with Crippen molar-refractivity contribution < 1.29 is 0 Å². The predicted octanol–water partition coefficient (Wildman–Crippen LogP) is 3.14. The summed E-state index contributed by atoms with van der Waals surface area (Å²) in [5.41, 5.74) is 9.35. The van der Waals surface area contributed by atoms with E-state index in [0.717, 1.165) is 30.8 Å². The van der Waals surface area contributed by atoms with E-state index >= 15 is 0 Å². The lowest BCUT2D eigenvalue weighted by Gasteiger charge is -2.32. The minimum absolute atomic E-state index is 0. The Morgan fingerprint density at radius 2 is 2.14 bits per heavy atom. The third kappa shape index (κ3) is 3.94. The number of aromatic nitrogens is 1. The Kier molecular flexibility index (Phi) is 5.57. The second-order valence-corrected chi connectivity index (χ2v) is 5.96. The summed E-state index contributed by atoms with van der Waals surface area (Å²) in [7, 11) is 0. The third-order valence-corrected chi connectivity index (χ3v) is 4.24. The van der Waals surface area contributed by atoms with E-state index in [-0.39, 0.29) is 12.4 Å². The number of likely N-dealkylation sites (tertiary alicyclic amines) is 1. The zero-order chi connectivity index (χ0) is 13.9. The van der Waals surface area contributed by atoms with Gasteiger partial charge in [-0.1, -0.05) is 12.1 Å². The van der Waals surface area contributed by atoms with Gasteiger partial charge in [0.05, 0.1) is 5.52 Å². The number of hydrogen-bond donors (Lipinski definition) is 1. The van der Waals surface area contributed by atoms with Gasteiger partial charge in [-0.15, -0.1) is 12.4 Å². The number of hydrogen-bond acceptors (Lipinski definition) is 3. The summed E-state index contributed by atoms with van der Waals surface area (Å²) in [5, 5.41) is 1.24. The van der Waals surface area contributed by atoms with Gasteiger partial charge in [-0.2, -0.15) is 0 Å². The Bertz CT molecular complexity index is 600. The van der Waals surface area contributed by atoms with Crippen molar-refractivity contribution in [2.24, 2.45) is 11.7 Å². The summed E-state index contributed by atoms with van der Waals surface area (Å²) in [5.74, 6) is 0.675. The Labute approximate surface area is 132 Å². The minimum atomic E-state index is 0. The number of benzene rings is 1. The second-order valence-electron chi connectivity index (χ2n) is 5.96. The number of pyridine rings is 1. The van der Waals surface area contributed by atoms with E-state index in [1.54, 1.807) is 0 Å². The summed E-state index contributed by atoms with van der Waals surface area (Å²) in [6.45, 7) is 6.22. The molecule has 1 atom stereocenters. The van der Waals surface area contributed by atoms with E-state index in [9.17, 15) is 0 Å². The largest absolute Gasteiger partial charge is 0.330 e. The fraction of sp³-hybridized carbons (Fsp3) is 0.471. The van der Waals surface area contributed by atoms with Gasteiger partial charge in [-0.25, -0.2) is 0 Å². The predicted molar refractivity (Wildman–Crippen MR) is 90.8 cm³/mol. The number of rotatable bonds is 3. The molecule has 0 spiro atoms.